The highest BCUT2D eigenvalue weighted by molar-refractivity contribution is 6.12. The molecule has 6 nitrogen and oxygen atoms in total. The van der Waals surface area contributed by atoms with Gasteiger partial charge in [0.05, 0.1) is 11.0 Å². The summed E-state index contributed by atoms with van der Waals surface area (Å²) in [6, 6.07) is 28.8. The van der Waals surface area contributed by atoms with Crippen molar-refractivity contribution in [2.45, 2.75) is 0 Å². The topological polar surface area (TPSA) is 61.4 Å². The van der Waals surface area contributed by atoms with E-state index in [4.69, 9.17) is 9.97 Å². The maximum absolute atomic E-state index is 5.20. The average Bonchev–Trinajstić information content (AvgIpc) is 3.36. The number of nitrogens with zero attached hydrogens (tertiary/aromatic N) is 6. The van der Waals surface area contributed by atoms with Gasteiger partial charge < -0.3 is 0 Å². The SMILES string of the molecule is c1ccc(-n2c3ccccc3c3nc4c(nc32)c2ccccc2n4-c2ccncn2)cc1. The molecule has 0 atom stereocenters. The van der Waals surface area contributed by atoms with E-state index in [9.17, 15) is 0 Å². The number of hydrogen-bond donors (Lipinski definition) is 0. The third-order valence-electron chi connectivity index (χ3n) is 5.89. The Morgan fingerprint density at radius 1 is 0.562 bits per heavy atom. The van der Waals surface area contributed by atoms with Crippen molar-refractivity contribution in [2.75, 3.05) is 0 Å². The Labute approximate surface area is 182 Å². The molecule has 0 aliphatic heterocycles. The Balaban J connectivity index is 1.71. The Kier molecular flexibility index (Phi) is 3.46. The van der Waals surface area contributed by atoms with Gasteiger partial charge in [0.15, 0.2) is 11.3 Å². The number of rotatable bonds is 2. The molecule has 0 saturated carbocycles. The molecular formula is C26H16N6. The molecule has 0 spiro atoms. The first-order valence-corrected chi connectivity index (χ1v) is 10.4. The van der Waals surface area contributed by atoms with E-state index < -0.39 is 0 Å². The van der Waals surface area contributed by atoms with Crippen molar-refractivity contribution in [1.82, 2.24) is 29.1 Å². The minimum atomic E-state index is 0.770. The molecule has 4 aromatic heterocycles. The molecule has 32 heavy (non-hydrogen) atoms. The predicted octanol–water partition coefficient (Wildman–Crippen LogP) is 5.46. The lowest BCUT2D eigenvalue weighted by Gasteiger charge is -2.07. The van der Waals surface area contributed by atoms with Crippen LogP contribution in [0.4, 0.5) is 0 Å². The predicted molar refractivity (Wildman–Crippen MR) is 126 cm³/mol. The molecular weight excluding hydrogens is 396 g/mol. The van der Waals surface area contributed by atoms with Gasteiger partial charge in [0.25, 0.3) is 0 Å². The van der Waals surface area contributed by atoms with Crippen LogP contribution in [0.2, 0.25) is 0 Å². The lowest BCUT2D eigenvalue weighted by atomic mass is 10.2. The third-order valence-corrected chi connectivity index (χ3v) is 5.89. The van der Waals surface area contributed by atoms with Gasteiger partial charge >= 0.3 is 0 Å². The van der Waals surface area contributed by atoms with Crippen molar-refractivity contribution in [2.24, 2.45) is 0 Å². The largest absolute Gasteiger partial charge is 0.293 e. The minimum Gasteiger partial charge on any atom is -0.293 e. The Morgan fingerprint density at radius 3 is 1.81 bits per heavy atom. The van der Waals surface area contributed by atoms with Gasteiger partial charge in [0.1, 0.15) is 23.2 Å². The lowest BCUT2D eigenvalue weighted by molar-refractivity contribution is 1.02. The van der Waals surface area contributed by atoms with E-state index in [0.717, 1.165) is 55.6 Å². The van der Waals surface area contributed by atoms with E-state index in [-0.39, 0.29) is 0 Å². The molecule has 0 aliphatic carbocycles. The molecule has 0 bridgehead atoms. The van der Waals surface area contributed by atoms with Crippen LogP contribution in [0.25, 0.3) is 55.6 Å². The van der Waals surface area contributed by atoms with Gasteiger partial charge in [0.2, 0.25) is 0 Å². The van der Waals surface area contributed by atoms with Crippen molar-refractivity contribution in [3.8, 4) is 11.5 Å². The maximum Gasteiger partial charge on any atom is 0.166 e. The number of aromatic nitrogens is 6. The minimum absolute atomic E-state index is 0.770. The highest BCUT2D eigenvalue weighted by atomic mass is 15.2. The quantitative estimate of drug-likeness (QED) is 0.378. The molecule has 150 valence electrons. The first-order valence-electron chi connectivity index (χ1n) is 10.4. The van der Waals surface area contributed by atoms with E-state index in [1.807, 2.05) is 42.5 Å². The fraction of sp³-hybridized carbons (Fsp3) is 0. The Hall–Kier alpha value is -4.58. The fourth-order valence-corrected chi connectivity index (χ4v) is 4.54. The molecule has 0 unspecified atom stereocenters. The van der Waals surface area contributed by atoms with Crippen LogP contribution in [-0.4, -0.2) is 29.1 Å². The zero-order valence-electron chi connectivity index (χ0n) is 16.9. The summed E-state index contributed by atoms with van der Waals surface area (Å²) in [7, 11) is 0. The summed E-state index contributed by atoms with van der Waals surface area (Å²) in [6.45, 7) is 0. The number of para-hydroxylation sites is 3. The van der Waals surface area contributed by atoms with E-state index in [1.54, 1.807) is 12.5 Å². The first-order chi connectivity index (χ1) is 15.9. The molecule has 4 heterocycles. The second kappa shape index (κ2) is 6.46. The van der Waals surface area contributed by atoms with Gasteiger partial charge in [-0.3, -0.25) is 9.13 Å². The van der Waals surface area contributed by atoms with Crippen molar-refractivity contribution in [1.29, 1.82) is 0 Å². The number of hydrogen-bond acceptors (Lipinski definition) is 4. The van der Waals surface area contributed by atoms with Crippen molar-refractivity contribution in [3.63, 3.8) is 0 Å². The summed E-state index contributed by atoms with van der Waals surface area (Å²) >= 11 is 0. The van der Waals surface area contributed by atoms with Crippen molar-refractivity contribution in [3.05, 3.63) is 97.5 Å². The first kappa shape index (κ1) is 17.1. The van der Waals surface area contributed by atoms with E-state index >= 15 is 0 Å². The lowest BCUT2D eigenvalue weighted by Crippen LogP contribution is -2.00. The molecule has 0 radical (unpaired) electrons. The second-order valence-corrected chi connectivity index (χ2v) is 7.68. The van der Waals surface area contributed by atoms with E-state index in [2.05, 4.69) is 61.6 Å². The fourth-order valence-electron chi connectivity index (χ4n) is 4.54. The Bertz CT molecular complexity index is 1630. The number of fused-ring (bicyclic) bond motifs is 6. The monoisotopic (exact) mass is 412 g/mol. The highest BCUT2D eigenvalue weighted by Gasteiger charge is 2.20. The smallest absolute Gasteiger partial charge is 0.166 e. The Morgan fingerprint density at radius 2 is 1.16 bits per heavy atom. The molecule has 0 amide bonds. The van der Waals surface area contributed by atoms with E-state index in [0.29, 0.717) is 0 Å². The van der Waals surface area contributed by atoms with Gasteiger partial charge in [-0.25, -0.2) is 19.9 Å². The summed E-state index contributed by atoms with van der Waals surface area (Å²) in [4.78, 5) is 19.0. The van der Waals surface area contributed by atoms with Gasteiger partial charge in [-0.15, -0.1) is 0 Å². The summed E-state index contributed by atoms with van der Waals surface area (Å²) < 4.78 is 4.25. The maximum atomic E-state index is 5.20. The standard InChI is InChI=1S/C26H16N6/c1-2-8-17(9-3-1)31-20-12-6-4-10-18(20)23-25(31)29-24-19-11-5-7-13-21(19)32(26(24)30-23)22-14-15-27-16-28-22/h1-16H. The molecule has 0 aliphatic rings. The second-order valence-electron chi connectivity index (χ2n) is 7.68. The molecule has 6 heteroatoms. The van der Waals surface area contributed by atoms with Crippen molar-refractivity contribution < 1.29 is 0 Å². The van der Waals surface area contributed by atoms with Crippen LogP contribution in [0.5, 0.6) is 0 Å². The van der Waals surface area contributed by atoms with E-state index in [1.165, 1.54) is 0 Å². The van der Waals surface area contributed by atoms with Crippen LogP contribution in [0.15, 0.2) is 97.5 Å². The van der Waals surface area contributed by atoms with Gasteiger partial charge in [-0.1, -0.05) is 54.6 Å². The average molecular weight is 412 g/mol. The third kappa shape index (κ3) is 2.29. The van der Waals surface area contributed by atoms with Crippen LogP contribution in [0, 0.1) is 0 Å². The normalized spacial score (nSPS) is 11.8. The molecule has 0 N–H and O–H groups in total. The molecule has 0 fully saturated rings. The van der Waals surface area contributed by atoms with Crippen LogP contribution in [-0.2, 0) is 0 Å². The van der Waals surface area contributed by atoms with Crippen LogP contribution in [0.3, 0.4) is 0 Å². The zero-order chi connectivity index (χ0) is 21.1. The highest BCUT2D eigenvalue weighted by Crippen LogP contribution is 2.35. The molecule has 7 rings (SSSR count). The van der Waals surface area contributed by atoms with Crippen LogP contribution < -0.4 is 0 Å². The summed E-state index contributed by atoms with van der Waals surface area (Å²) in [5.41, 5.74) is 6.51. The van der Waals surface area contributed by atoms with Gasteiger partial charge in [0, 0.05) is 22.7 Å². The summed E-state index contributed by atoms with van der Waals surface area (Å²) in [6.07, 6.45) is 3.30. The summed E-state index contributed by atoms with van der Waals surface area (Å²) in [5.74, 6) is 0.770. The van der Waals surface area contributed by atoms with Crippen molar-refractivity contribution >= 4 is 44.1 Å². The molecule has 3 aromatic carbocycles. The molecule has 7 aromatic rings. The van der Waals surface area contributed by atoms with Crippen LogP contribution >= 0.6 is 0 Å². The van der Waals surface area contributed by atoms with Crippen LogP contribution in [0.1, 0.15) is 0 Å². The van der Waals surface area contributed by atoms with Gasteiger partial charge in [-0.2, -0.15) is 0 Å². The summed E-state index contributed by atoms with van der Waals surface area (Å²) in [5, 5.41) is 2.11. The number of benzene rings is 3. The molecule has 0 saturated heterocycles. The van der Waals surface area contributed by atoms with Gasteiger partial charge in [-0.05, 0) is 30.3 Å². The zero-order valence-corrected chi connectivity index (χ0v) is 16.9.